The quantitative estimate of drug-likeness (QED) is 0.496. The van der Waals surface area contributed by atoms with Crippen LogP contribution in [0, 0.1) is 0 Å². The molecule has 1 aliphatic rings. The zero-order valence-corrected chi connectivity index (χ0v) is 14.6. The van der Waals surface area contributed by atoms with Crippen molar-refractivity contribution in [2.75, 3.05) is 0 Å². The van der Waals surface area contributed by atoms with E-state index >= 15 is 0 Å². The van der Waals surface area contributed by atoms with Crippen molar-refractivity contribution < 1.29 is 18.1 Å². The predicted octanol–water partition coefficient (Wildman–Crippen LogP) is 3.23. The highest BCUT2D eigenvalue weighted by molar-refractivity contribution is 7.85. The number of allylic oxidation sites excluding steroid dienone is 4. The molecule has 0 atom stereocenters. The molecule has 6 nitrogen and oxygen atoms in total. The molecule has 128 valence electrons. The Kier molecular flexibility index (Phi) is 5.05. The van der Waals surface area contributed by atoms with E-state index in [2.05, 4.69) is 10.2 Å². The van der Waals surface area contributed by atoms with E-state index in [9.17, 15) is 18.1 Å². The molecule has 0 heterocycles. The molecular weight excluding hydrogens is 328 g/mol. The molecular formula is C17H20N2O4S. The fraction of sp³-hybridized carbons (Fsp3) is 0.294. The number of phenols is 1. The zero-order valence-electron chi connectivity index (χ0n) is 13.8. The number of phenolic OH excluding ortho intramolecular Hbond substituents is 1. The van der Waals surface area contributed by atoms with E-state index < -0.39 is 15.5 Å². The van der Waals surface area contributed by atoms with Crippen molar-refractivity contribution in [2.45, 2.75) is 37.5 Å². The lowest BCUT2D eigenvalue weighted by Crippen LogP contribution is -2.14. The van der Waals surface area contributed by atoms with Crippen molar-refractivity contribution >= 4 is 22.5 Å². The van der Waals surface area contributed by atoms with Gasteiger partial charge in [-0.2, -0.15) is 18.6 Å². The van der Waals surface area contributed by atoms with Crippen molar-refractivity contribution in [1.82, 2.24) is 0 Å². The molecule has 0 saturated carbocycles. The van der Waals surface area contributed by atoms with Gasteiger partial charge in [0.2, 0.25) is 0 Å². The SMILES string of the molecule is CC(C)(C)c1cc(S(=O)(=O)O)cc(/C=N\N=C/C2=CC=CC2)c1O. The van der Waals surface area contributed by atoms with Crippen LogP contribution in [0.25, 0.3) is 0 Å². The first-order valence-corrected chi connectivity index (χ1v) is 8.80. The molecule has 7 heteroatoms. The van der Waals surface area contributed by atoms with Crippen LogP contribution in [0.4, 0.5) is 0 Å². The summed E-state index contributed by atoms with van der Waals surface area (Å²) in [5, 5.41) is 18.1. The maximum Gasteiger partial charge on any atom is 0.294 e. The standard InChI is InChI=1S/C17H20N2O4S/c1-17(2,3)15-9-14(24(21,22)23)8-13(16(15)20)11-19-18-10-12-6-4-5-7-12/h4-6,8-11,20H,7H2,1-3H3,(H,21,22,23)/b18-10-,19-11-. The molecule has 2 rings (SSSR count). The number of aromatic hydroxyl groups is 1. The van der Waals surface area contributed by atoms with Gasteiger partial charge in [0.25, 0.3) is 10.1 Å². The molecule has 0 aromatic heterocycles. The van der Waals surface area contributed by atoms with Gasteiger partial charge < -0.3 is 5.11 Å². The minimum atomic E-state index is -4.40. The van der Waals surface area contributed by atoms with Crippen LogP contribution in [0.1, 0.15) is 38.3 Å². The summed E-state index contributed by atoms with van der Waals surface area (Å²) in [6, 6.07) is 2.43. The molecule has 0 fully saturated rings. The lowest BCUT2D eigenvalue weighted by molar-refractivity contribution is 0.444. The van der Waals surface area contributed by atoms with E-state index in [1.165, 1.54) is 12.3 Å². The molecule has 0 saturated heterocycles. The van der Waals surface area contributed by atoms with Crippen LogP contribution in [0.3, 0.4) is 0 Å². The molecule has 1 aliphatic carbocycles. The Morgan fingerprint density at radius 2 is 1.83 bits per heavy atom. The maximum atomic E-state index is 11.5. The summed E-state index contributed by atoms with van der Waals surface area (Å²) in [5.41, 5.74) is 1.05. The summed E-state index contributed by atoms with van der Waals surface area (Å²) >= 11 is 0. The van der Waals surface area contributed by atoms with Crippen molar-refractivity contribution in [2.24, 2.45) is 10.2 Å². The van der Waals surface area contributed by atoms with E-state index in [4.69, 9.17) is 0 Å². The first-order chi connectivity index (χ1) is 11.1. The van der Waals surface area contributed by atoms with Crippen LogP contribution < -0.4 is 0 Å². The molecule has 0 spiro atoms. The van der Waals surface area contributed by atoms with Crippen molar-refractivity contribution in [3.63, 3.8) is 0 Å². The molecule has 0 radical (unpaired) electrons. The van der Waals surface area contributed by atoms with E-state index in [1.54, 1.807) is 6.21 Å². The summed E-state index contributed by atoms with van der Waals surface area (Å²) in [7, 11) is -4.40. The highest BCUT2D eigenvalue weighted by atomic mass is 32.2. The van der Waals surface area contributed by atoms with E-state index in [0.717, 1.165) is 18.1 Å². The average Bonchev–Trinajstić information content (AvgIpc) is 2.95. The van der Waals surface area contributed by atoms with Gasteiger partial charge in [-0.1, -0.05) is 39.0 Å². The molecule has 24 heavy (non-hydrogen) atoms. The fourth-order valence-electron chi connectivity index (χ4n) is 2.21. The van der Waals surface area contributed by atoms with Crippen LogP contribution >= 0.6 is 0 Å². The molecule has 1 aromatic rings. The van der Waals surface area contributed by atoms with Crippen molar-refractivity contribution in [3.05, 3.63) is 47.1 Å². The Morgan fingerprint density at radius 3 is 2.38 bits per heavy atom. The normalized spacial score (nSPS) is 15.6. The lowest BCUT2D eigenvalue weighted by Gasteiger charge is -2.22. The Hall–Kier alpha value is -2.25. The third-order valence-corrected chi connectivity index (χ3v) is 4.34. The van der Waals surface area contributed by atoms with Crippen LogP contribution in [-0.2, 0) is 15.5 Å². The van der Waals surface area contributed by atoms with Gasteiger partial charge in [-0.3, -0.25) is 4.55 Å². The first kappa shape index (κ1) is 18.1. The minimum Gasteiger partial charge on any atom is -0.507 e. The minimum absolute atomic E-state index is 0.0874. The largest absolute Gasteiger partial charge is 0.507 e. The van der Waals surface area contributed by atoms with Crippen LogP contribution in [-0.4, -0.2) is 30.5 Å². The highest BCUT2D eigenvalue weighted by Gasteiger charge is 2.24. The summed E-state index contributed by atoms with van der Waals surface area (Å²) in [4.78, 5) is -0.293. The Balaban J connectivity index is 2.41. The second-order valence-electron chi connectivity index (χ2n) is 6.50. The molecule has 0 bridgehead atoms. The Bertz CT molecular complexity index is 857. The zero-order chi connectivity index (χ0) is 18.0. The van der Waals surface area contributed by atoms with E-state index in [0.29, 0.717) is 5.56 Å². The molecule has 2 N–H and O–H groups in total. The number of nitrogens with zero attached hydrogens (tertiary/aromatic N) is 2. The van der Waals surface area contributed by atoms with Gasteiger partial charge in [0.15, 0.2) is 0 Å². The summed E-state index contributed by atoms with van der Waals surface area (Å²) in [6.07, 6.45) is 9.46. The van der Waals surface area contributed by atoms with Gasteiger partial charge in [-0.15, -0.1) is 0 Å². The molecule has 1 aromatic carbocycles. The summed E-state index contributed by atoms with van der Waals surface area (Å²) in [5.74, 6) is -0.0874. The van der Waals surface area contributed by atoms with Gasteiger partial charge in [-0.05, 0) is 29.5 Å². The van der Waals surface area contributed by atoms with E-state index in [1.807, 2.05) is 39.0 Å². The van der Waals surface area contributed by atoms with Gasteiger partial charge in [0, 0.05) is 11.1 Å². The van der Waals surface area contributed by atoms with Crippen LogP contribution in [0.15, 0.2) is 51.0 Å². The van der Waals surface area contributed by atoms with Crippen molar-refractivity contribution in [1.29, 1.82) is 0 Å². The third kappa shape index (κ3) is 4.39. The molecule has 0 unspecified atom stereocenters. The monoisotopic (exact) mass is 348 g/mol. The second-order valence-corrected chi connectivity index (χ2v) is 7.92. The first-order valence-electron chi connectivity index (χ1n) is 7.36. The smallest absolute Gasteiger partial charge is 0.294 e. The number of rotatable bonds is 4. The van der Waals surface area contributed by atoms with Gasteiger partial charge >= 0.3 is 0 Å². The van der Waals surface area contributed by atoms with Gasteiger partial charge in [0.05, 0.1) is 17.3 Å². The average molecular weight is 348 g/mol. The third-order valence-electron chi connectivity index (χ3n) is 3.51. The maximum absolute atomic E-state index is 11.5. The lowest BCUT2D eigenvalue weighted by atomic mass is 9.85. The number of hydrogen-bond donors (Lipinski definition) is 2. The van der Waals surface area contributed by atoms with Crippen LogP contribution in [0.5, 0.6) is 5.75 Å². The summed E-state index contributed by atoms with van der Waals surface area (Å²) < 4.78 is 32.2. The van der Waals surface area contributed by atoms with Gasteiger partial charge in [0.1, 0.15) is 5.75 Å². The predicted molar refractivity (Wildman–Crippen MR) is 94.5 cm³/mol. The summed E-state index contributed by atoms with van der Waals surface area (Å²) in [6.45, 7) is 5.48. The van der Waals surface area contributed by atoms with E-state index in [-0.39, 0.29) is 16.2 Å². The van der Waals surface area contributed by atoms with Crippen molar-refractivity contribution in [3.8, 4) is 5.75 Å². The Morgan fingerprint density at radius 1 is 1.17 bits per heavy atom. The fourth-order valence-corrected chi connectivity index (χ4v) is 2.75. The topological polar surface area (TPSA) is 99.3 Å². The highest BCUT2D eigenvalue weighted by Crippen LogP contribution is 2.35. The number of benzene rings is 1. The Labute approximate surface area is 141 Å². The number of hydrogen-bond acceptors (Lipinski definition) is 5. The van der Waals surface area contributed by atoms with Gasteiger partial charge in [-0.25, -0.2) is 0 Å². The van der Waals surface area contributed by atoms with Crippen LogP contribution in [0.2, 0.25) is 0 Å². The molecule has 0 aliphatic heterocycles. The molecule has 0 amide bonds. The second kappa shape index (κ2) is 6.70.